The van der Waals surface area contributed by atoms with Gasteiger partial charge in [-0.1, -0.05) is 0 Å². The molecule has 1 rings (SSSR count). The van der Waals surface area contributed by atoms with Gasteiger partial charge in [-0.25, -0.2) is 4.79 Å². The lowest BCUT2D eigenvalue weighted by atomic mass is 10.6. The molecule has 0 saturated carbocycles. The Balaban J connectivity index is 2.79. The van der Waals surface area contributed by atoms with Gasteiger partial charge < -0.3 is 16.4 Å². The van der Waals surface area contributed by atoms with E-state index >= 15 is 0 Å². The van der Waals surface area contributed by atoms with Crippen molar-refractivity contribution < 1.29 is 4.79 Å². The summed E-state index contributed by atoms with van der Waals surface area (Å²) in [5, 5.41) is 7.19. The van der Waals surface area contributed by atoms with Gasteiger partial charge in [0, 0.05) is 14.1 Å². The number of amidine groups is 1. The summed E-state index contributed by atoms with van der Waals surface area (Å²) in [6.07, 6.45) is 0. The number of hydrogen-bond acceptors (Lipinski definition) is 3. The number of rotatable bonds is 1. The van der Waals surface area contributed by atoms with Crippen molar-refractivity contribution >= 4 is 17.8 Å². The van der Waals surface area contributed by atoms with Crippen molar-refractivity contribution in [2.45, 2.75) is 0 Å². The highest BCUT2D eigenvalue weighted by atomic mass is 16.2. The van der Waals surface area contributed by atoms with Crippen molar-refractivity contribution in [3.8, 4) is 0 Å². The number of carbonyl (C=O) groups is 1. The average molecular weight is 184 g/mol. The predicted octanol–water partition coefficient (Wildman–Crippen LogP) is -1.43. The van der Waals surface area contributed by atoms with Gasteiger partial charge in [-0.05, 0) is 0 Å². The summed E-state index contributed by atoms with van der Waals surface area (Å²) >= 11 is 0. The lowest BCUT2D eigenvalue weighted by molar-refractivity contribution is 0.209. The third kappa shape index (κ3) is 1.86. The van der Waals surface area contributed by atoms with Gasteiger partial charge in [0.15, 0.2) is 5.84 Å². The maximum atomic E-state index is 11.2. The molecule has 1 fully saturated rings. The van der Waals surface area contributed by atoms with Crippen LogP contribution in [0, 0.1) is 0 Å². The molecule has 0 aromatic rings. The van der Waals surface area contributed by atoms with Crippen molar-refractivity contribution in [2.75, 3.05) is 20.6 Å². The van der Waals surface area contributed by atoms with Crippen molar-refractivity contribution in [3.05, 3.63) is 0 Å². The fourth-order valence-corrected chi connectivity index (χ4v) is 0.966. The van der Waals surface area contributed by atoms with Gasteiger partial charge in [0.05, 0.1) is 6.54 Å². The van der Waals surface area contributed by atoms with Crippen LogP contribution in [0.4, 0.5) is 4.79 Å². The summed E-state index contributed by atoms with van der Waals surface area (Å²) in [6, 6.07) is -0.121. The van der Waals surface area contributed by atoms with Gasteiger partial charge in [0.2, 0.25) is 5.96 Å². The number of amides is 2. The first-order valence-electron chi connectivity index (χ1n) is 3.66. The molecule has 13 heavy (non-hydrogen) atoms. The van der Waals surface area contributed by atoms with E-state index in [9.17, 15) is 4.79 Å². The SMILES string of the molecule is CN1C/C(=N\N=C(N)N)N(C)C1=O. The second-order valence-corrected chi connectivity index (χ2v) is 2.74. The van der Waals surface area contributed by atoms with E-state index in [0.717, 1.165) is 0 Å². The fraction of sp³-hybridized carbons (Fsp3) is 0.500. The number of urea groups is 1. The molecule has 0 radical (unpaired) electrons. The van der Waals surface area contributed by atoms with Crippen LogP contribution in [0.2, 0.25) is 0 Å². The van der Waals surface area contributed by atoms with E-state index in [2.05, 4.69) is 10.2 Å². The van der Waals surface area contributed by atoms with Gasteiger partial charge in [-0.15, -0.1) is 10.2 Å². The Hall–Kier alpha value is -1.79. The molecule has 2 amide bonds. The molecule has 0 aromatic carbocycles. The van der Waals surface area contributed by atoms with E-state index in [1.54, 1.807) is 14.1 Å². The van der Waals surface area contributed by atoms with Gasteiger partial charge in [0.1, 0.15) is 0 Å². The first kappa shape index (κ1) is 9.30. The second-order valence-electron chi connectivity index (χ2n) is 2.74. The van der Waals surface area contributed by atoms with Gasteiger partial charge >= 0.3 is 6.03 Å². The molecule has 0 spiro atoms. The van der Waals surface area contributed by atoms with Gasteiger partial charge in [-0.3, -0.25) is 4.90 Å². The molecule has 4 N–H and O–H groups in total. The van der Waals surface area contributed by atoms with Crippen molar-refractivity contribution in [2.24, 2.45) is 21.7 Å². The minimum atomic E-state index is -0.122. The summed E-state index contributed by atoms with van der Waals surface area (Å²) < 4.78 is 0. The van der Waals surface area contributed by atoms with E-state index in [1.807, 2.05) is 0 Å². The van der Waals surface area contributed by atoms with Crippen LogP contribution in [0.25, 0.3) is 0 Å². The Morgan fingerprint density at radius 1 is 1.46 bits per heavy atom. The van der Waals surface area contributed by atoms with Gasteiger partial charge in [0.25, 0.3) is 0 Å². The Morgan fingerprint density at radius 2 is 2.08 bits per heavy atom. The van der Waals surface area contributed by atoms with Crippen LogP contribution >= 0.6 is 0 Å². The molecule has 0 aromatic heterocycles. The molecule has 1 heterocycles. The Morgan fingerprint density at radius 3 is 2.46 bits per heavy atom. The van der Waals surface area contributed by atoms with E-state index in [4.69, 9.17) is 11.5 Å². The highest BCUT2D eigenvalue weighted by Gasteiger charge is 2.28. The summed E-state index contributed by atoms with van der Waals surface area (Å²) in [5.74, 6) is 0.406. The number of nitrogens with zero attached hydrogens (tertiary/aromatic N) is 4. The second kappa shape index (κ2) is 3.30. The zero-order valence-corrected chi connectivity index (χ0v) is 7.56. The lowest BCUT2D eigenvalue weighted by Gasteiger charge is -2.07. The van der Waals surface area contributed by atoms with Crippen molar-refractivity contribution in [1.82, 2.24) is 9.80 Å². The molecule has 7 heteroatoms. The van der Waals surface area contributed by atoms with Crippen LogP contribution in [0.1, 0.15) is 0 Å². The molecule has 0 unspecified atom stereocenters. The molecule has 0 aliphatic carbocycles. The standard InChI is InChI=1S/C6H12N6O/c1-11-3-4(9-10-5(7)8)12(2)6(11)13/h3H2,1-2H3,(H4,7,8,10)/b9-4+. The highest BCUT2D eigenvalue weighted by Crippen LogP contribution is 2.06. The van der Waals surface area contributed by atoms with Crippen LogP contribution in [0.5, 0.6) is 0 Å². The first-order valence-corrected chi connectivity index (χ1v) is 3.66. The molecule has 1 saturated heterocycles. The zero-order chi connectivity index (χ0) is 10.0. The van der Waals surface area contributed by atoms with E-state index in [-0.39, 0.29) is 12.0 Å². The smallest absolute Gasteiger partial charge is 0.325 e. The Labute approximate surface area is 75.7 Å². The topological polar surface area (TPSA) is 100 Å². The van der Waals surface area contributed by atoms with Crippen LogP contribution < -0.4 is 11.5 Å². The molecule has 72 valence electrons. The lowest BCUT2D eigenvalue weighted by Crippen LogP contribution is -2.27. The maximum Gasteiger partial charge on any atom is 0.325 e. The largest absolute Gasteiger partial charge is 0.369 e. The third-order valence-electron chi connectivity index (χ3n) is 1.66. The number of likely N-dealkylation sites (N-methyl/N-ethyl adjacent to an activating group) is 2. The number of carbonyl (C=O) groups excluding carboxylic acids is 1. The highest BCUT2D eigenvalue weighted by molar-refractivity contribution is 6.04. The third-order valence-corrected chi connectivity index (χ3v) is 1.66. The van der Waals surface area contributed by atoms with E-state index in [0.29, 0.717) is 12.4 Å². The molecule has 7 nitrogen and oxygen atoms in total. The number of nitrogens with two attached hydrogens (primary N) is 2. The molecule has 1 aliphatic rings. The first-order chi connectivity index (χ1) is 6.02. The zero-order valence-electron chi connectivity index (χ0n) is 7.56. The minimum absolute atomic E-state index is 0.121. The normalized spacial score (nSPS) is 19.8. The van der Waals surface area contributed by atoms with Gasteiger partial charge in [-0.2, -0.15) is 0 Å². The molecular formula is C6H12N6O. The molecule has 0 bridgehead atoms. The van der Waals surface area contributed by atoms with Crippen molar-refractivity contribution in [1.29, 1.82) is 0 Å². The summed E-state index contributed by atoms with van der Waals surface area (Å²) in [5.41, 5.74) is 10.2. The van der Waals surface area contributed by atoms with Crippen LogP contribution in [-0.2, 0) is 0 Å². The average Bonchev–Trinajstić information content (AvgIpc) is 2.29. The molecule has 0 atom stereocenters. The van der Waals surface area contributed by atoms with Crippen LogP contribution in [-0.4, -0.2) is 48.3 Å². The number of hydrogen-bond donors (Lipinski definition) is 2. The Kier molecular flexibility index (Phi) is 2.36. The summed E-state index contributed by atoms with van der Waals surface area (Å²) in [4.78, 5) is 14.1. The molecular weight excluding hydrogens is 172 g/mol. The van der Waals surface area contributed by atoms with Crippen molar-refractivity contribution in [3.63, 3.8) is 0 Å². The number of guanidine groups is 1. The summed E-state index contributed by atoms with van der Waals surface area (Å²) in [7, 11) is 3.30. The van der Waals surface area contributed by atoms with E-state index in [1.165, 1.54) is 9.80 Å². The van der Waals surface area contributed by atoms with Crippen LogP contribution in [0.15, 0.2) is 10.2 Å². The molecule has 1 aliphatic heterocycles. The predicted molar refractivity (Wildman–Crippen MR) is 49.0 cm³/mol. The van der Waals surface area contributed by atoms with Crippen LogP contribution in [0.3, 0.4) is 0 Å². The monoisotopic (exact) mass is 184 g/mol. The quantitative estimate of drug-likeness (QED) is 0.297. The minimum Gasteiger partial charge on any atom is -0.369 e. The fourth-order valence-electron chi connectivity index (χ4n) is 0.966. The maximum absolute atomic E-state index is 11.2. The Bertz CT molecular complexity index is 279. The van der Waals surface area contributed by atoms with E-state index < -0.39 is 0 Å². The summed E-state index contributed by atoms with van der Waals surface area (Å²) in [6.45, 7) is 0.423.